The molecule has 1 aliphatic heterocycles. The number of hydrogen-bond acceptors (Lipinski definition) is 3. The van der Waals surface area contributed by atoms with Crippen LogP contribution in [-0.4, -0.2) is 39.5 Å². The molecule has 7 heteroatoms. The molecule has 0 atom stereocenters. The fourth-order valence-corrected chi connectivity index (χ4v) is 3.53. The van der Waals surface area contributed by atoms with Crippen LogP contribution in [0, 0.1) is 17.6 Å². The van der Waals surface area contributed by atoms with Crippen molar-refractivity contribution in [1.82, 2.24) is 4.31 Å². The highest BCUT2D eigenvalue weighted by Gasteiger charge is 2.27. The third kappa shape index (κ3) is 3.34. The van der Waals surface area contributed by atoms with Crippen molar-refractivity contribution in [3.8, 4) is 0 Å². The van der Waals surface area contributed by atoms with Crippen LogP contribution in [0.25, 0.3) is 0 Å². The Bertz CT molecular complexity index is 571. The van der Waals surface area contributed by atoms with Crippen molar-refractivity contribution in [3.05, 3.63) is 29.8 Å². The van der Waals surface area contributed by atoms with Gasteiger partial charge in [-0.15, -0.1) is 0 Å². The second-order valence-electron chi connectivity index (χ2n) is 4.92. The number of sulfonamides is 1. The van der Waals surface area contributed by atoms with Crippen molar-refractivity contribution in [2.24, 2.45) is 5.92 Å². The minimum Gasteiger partial charge on any atom is -0.381 e. The molecule has 4 nitrogen and oxygen atoms in total. The van der Waals surface area contributed by atoms with Crippen molar-refractivity contribution in [2.45, 2.75) is 17.7 Å². The lowest BCUT2D eigenvalue weighted by molar-refractivity contribution is 0.0620. The quantitative estimate of drug-likeness (QED) is 0.855. The third-order valence-electron chi connectivity index (χ3n) is 3.44. The molecule has 0 spiro atoms. The van der Waals surface area contributed by atoms with Gasteiger partial charge >= 0.3 is 0 Å². The van der Waals surface area contributed by atoms with Crippen LogP contribution in [0.4, 0.5) is 8.78 Å². The molecule has 2 rings (SSSR count). The number of hydrogen-bond donors (Lipinski definition) is 0. The predicted octanol–water partition coefficient (Wildman–Crippen LogP) is 2.01. The molecule has 0 amide bonds. The summed E-state index contributed by atoms with van der Waals surface area (Å²) in [5, 5.41) is 0. The topological polar surface area (TPSA) is 46.6 Å². The van der Waals surface area contributed by atoms with E-state index in [9.17, 15) is 17.2 Å². The first kappa shape index (κ1) is 15.3. The van der Waals surface area contributed by atoms with Gasteiger partial charge in [0.15, 0.2) is 0 Å². The summed E-state index contributed by atoms with van der Waals surface area (Å²) in [4.78, 5) is -0.492. The minimum absolute atomic E-state index is 0.201. The van der Waals surface area contributed by atoms with E-state index in [1.54, 1.807) is 0 Å². The summed E-state index contributed by atoms with van der Waals surface area (Å²) in [6.07, 6.45) is 1.57. The molecule has 0 aliphatic carbocycles. The molecular formula is C13H17F2NO3S. The molecular weight excluding hydrogens is 288 g/mol. The van der Waals surface area contributed by atoms with Gasteiger partial charge in [-0.25, -0.2) is 21.5 Å². The van der Waals surface area contributed by atoms with Crippen molar-refractivity contribution in [3.63, 3.8) is 0 Å². The van der Waals surface area contributed by atoms with Crippen molar-refractivity contribution in [1.29, 1.82) is 0 Å². The third-order valence-corrected chi connectivity index (χ3v) is 5.29. The Morgan fingerprint density at radius 3 is 2.55 bits per heavy atom. The van der Waals surface area contributed by atoms with Crippen LogP contribution < -0.4 is 0 Å². The molecule has 0 unspecified atom stereocenters. The molecule has 0 N–H and O–H groups in total. The average molecular weight is 305 g/mol. The van der Waals surface area contributed by atoms with Crippen LogP contribution in [0.1, 0.15) is 12.8 Å². The van der Waals surface area contributed by atoms with Gasteiger partial charge in [-0.1, -0.05) is 0 Å². The van der Waals surface area contributed by atoms with Gasteiger partial charge in [-0.3, -0.25) is 0 Å². The van der Waals surface area contributed by atoms with Gasteiger partial charge in [-0.05, 0) is 30.9 Å². The first-order chi connectivity index (χ1) is 9.41. The van der Waals surface area contributed by atoms with E-state index < -0.39 is 26.6 Å². The molecule has 112 valence electrons. The highest BCUT2D eigenvalue weighted by Crippen LogP contribution is 2.22. The zero-order chi connectivity index (χ0) is 14.8. The van der Waals surface area contributed by atoms with Gasteiger partial charge in [0.1, 0.15) is 16.5 Å². The Morgan fingerprint density at radius 2 is 1.95 bits per heavy atom. The van der Waals surface area contributed by atoms with Gasteiger partial charge in [0, 0.05) is 32.9 Å². The summed E-state index contributed by atoms with van der Waals surface area (Å²) in [6, 6.07) is 2.48. The van der Waals surface area contributed by atoms with Crippen LogP contribution >= 0.6 is 0 Å². The lowest BCUT2D eigenvalue weighted by atomic mass is 10.0. The summed E-state index contributed by atoms with van der Waals surface area (Å²) in [5.74, 6) is -1.66. The number of ether oxygens (including phenoxy) is 1. The number of nitrogens with zero attached hydrogens (tertiary/aromatic N) is 1. The fourth-order valence-electron chi connectivity index (χ4n) is 2.24. The highest BCUT2D eigenvalue weighted by atomic mass is 32.2. The van der Waals surface area contributed by atoms with E-state index in [2.05, 4.69) is 0 Å². The second-order valence-corrected chi connectivity index (χ2v) is 6.93. The van der Waals surface area contributed by atoms with Gasteiger partial charge in [0.05, 0.1) is 0 Å². The summed E-state index contributed by atoms with van der Waals surface area (Å²) in [5.41, 5.74) is 0. The summed E-state index contributed by atoms with van der Waals surface area (Å²) in [7, 11) is -2.52. The Balaban J connectivity index is 2.16. The fraction of sp³-hybridized carbons (Fsp3) is 0.538. The molecule has 1 aromatic rings. The van der Waals surface area contributed by atoms with E-state index >= 15 is 0 Å². The van der Waals surface area contributed by atoms with E-state index in [1.807, 2.05) is 0 Å². The molecule has 0 saturated carbocycles. The Morgan fingerprint density at radius 1 is 1.30 bits per heavy atom. The summed E-state index contributed by atoms with van der Waals surface area (Å²) >= 11 is 0. The zero-order valence-corrected chi connectivity index (χ0v) is 12.0. The van der Waals surface area contributed by atoms with E-state index in [0.29, 0.717) is 25.8 Å². The molecule has 1 aromatic carbocycles. The smallest absolute Gasteiger partial charge is 0.245 e. The predicted molar refractivity (Wildman–Crippen MR) is 69.7 cm³/mol. The van der Waals surface area contributed by atoms with Gasteiger partial charge in [0.25, 0.3) is 0 Å². The highest BCUT2D eigenvalue weighted by molar-refractivity contribution is 7.89. The second kappa shape index (κ2) is 6.15. The lowest BCUT2D eigenvalue weighted by Crippen LogP contribution is -2.34. The first-order valence-corrected chi connectivity index (χ1v) is 7.84. The molecule has 1 saturated heterocycles. The van der Waals surface area contributed by atoms with Gasteiger partial charge in [0.2, 0.25) is 10.0 Å². The summed E-state index contributed by atoms with van der Waals surface area (Å²) < 4.78 is 57.3. The Labute approximate surface area is 117 Å². The molecule has 0 aromatic heterocycles. The van der Waals surface area contributed by atoms with E-state index in [1.165, 1.54) is 7.05 Å². The number of benzene rings is 1. The van der Waals surface area contributed by atoms with Crippen molar-refractivity contribution in [2.75, 3.05) is 26.8 Å². The maximum Gasteiger partial charge on any atom is 0.245 e. The van der Waals surface area contributed by atoms with Crippen LogP contribution in [-0.2, 0) is 14.8 Å². The maximum atomic E-state index is 13.6. The minimum atomic E-state index is -3.93. The Hall–Kier alpha value is -1.05. The van der Waals surface area contributed by atoms with Crippen LogP contribution in [0.2, 0.25) is 0 Å². The standard InChI is InChI=1S/C13H17F2NO3S/c1-16(9-10-4-6-19-7-5-10)20(17,18)13-3-2-11(14)8-12(13)15/h2-3,8,10H,4-7,9H2,1H3. The molecule has 1 fully saturated rings. The monoisotopic (exact) mass is 305 g/mol. The normalized spacial score (nSPS) is 17.6. The van der Waals surface area contributed by atoms with Crippen LogP contribution in [0.5, 0.6) is 0 Å². The van der Waals surface area contributed by atoms with E-state index in [0.717, 1.165) is 29.3 Å². The summed E-state index contributed by atoms with van der Waals surface area (Å²) in [6.45, 7) is 1.54. The van der Waals surface area contributed by atoms with E-state index in [4.69, 9.17) is 4.74 Å². The molecule has 1 aliphatic rings. The van der Waals surface area contributed by atoms with E-state index in [-0.39, 0.29) is 5.92 Å². The molecule has 20 heavy (non-hydrogen) atoms. The van der Waals surface area contributed by atoms with Gasteiger partial charge in [-0.2, -0.15) is 0 Å². The number of halogens is 2. The average Bonchev–Trinajstić information content (AvgIpc) is 2.39. The molecule has 0 bridgehead atoms. The Kier molecular flexibility index (Phi) is 4.72. The molecule has 1 heterocycles. The van der Waals surface area contributed by atoms with Crippen LogP contribution in [0.15, 0.2) is 23.1 Å². The molecule has 0 radical (unpaired) electrons. The largest absolute Gasteiger partial charge is 0.381 e. The van der Waals surface area contributed by atoms with Crippen LogP contribution in [0.3, 0.4) is 0 Å². The lowest BCUT2D eigenvalue weighted by Gasteiger charge is -2.26. The van der Waals surface area contributed by atoms with Crippen molar-refractivity contribution >= 4 is 10.0 Å². The van der Waals surface area contributed by atoms with Gasteiger partial charge < -0.3 is 4.74 Å². The SMILES string of the molecule is CN(CC1CCOCC1)S(=O)(=O)c1ccc(F)cc1F. The van der Waals surface area contributed by atoms with Crippen molar-refractivity contribution < 1.29 is 21.9 Å². The maximum absolute atomic E-state index is 13.6. The first-order valence-electron chi connectivity index (χ1n) is 6.40. The number of rotatable bonds is 4. The zero-order valence-electron chi connectivity index (χ0n) is 11.2.